The Bertz CT molecular complexity index is 1120. The summed E-state index contributed by atoms with van der Waals surface area (Å²) in [6.07, 6.45) is 3.41. The van der Waals surface area contributed by atoms with Crippen molar-refractivity contribution in [3.05, 3.63) is 59.6 Å². The van der Waals surface area contributed by atoms with Crippen LogP contribution >= 0.6 is 11.6 Å². The van der Waals surface area contributed by atoms with E-state index in [9.17, 15) is 9.59 Å². The predicted molar refractivity (Wildman–Crippen MR) is 114 cm³/mol. The van der Waals surface area contributed by atoms with Crippen molar-refractivity contribution >= 4 is 34.8 Å². The molecule has 0 saturated carbocycles. The predicted octanol–water partition coefficient (Wildman–Crippen LogP) is 3.04. The van der Waals surface area contributed by atoms with Gasteiger partial charge in [0, 0.05) is 22.5 Å². The maximum absolute atomic E-state index is 13.4. The zero-order valence-corrected chi connectivity index (χ0v) is 17.2. The number of nitrogens with zero attached hydrogens (tertiary/aromatic N) is 1. The Morgan fingerprint density at radius 3 is 2.68 bits per heavy atom. The minimum Gasteiger partial charge on any atom is -0.486 e. The average Bonchev–Trinajstić information content (AvgIpc) is 3.42. The highest BCUT2D eigenvalue weighted by Gasteiger charge is 2.67. The van der Waals surface area contributed by atoms with Crippen LogP contribution in [0.4, 0.5) is 11.4 Å². The van der Waals surface area contributed by atoms with E-state index in [1.165, 1.54) is 0 Å². The van der Waals surface area contributed by atoms with Gasteiger partial charge in [0.2, 0.25) is 11.8 Å². The SMILES string of the molecule is O=C(Nc1ccc2c(c1)OCCO2)[C@@H]1[C@H]2C(=O)N(c3ccc(Cl)cc3)C[C@@]23C=C[C@H]1O3. The van der Waals surface area contributed by atoms with Crippen LogP contribution in [0.3, 0.4) is 0 Å². The van der Waals surface area contributed by atoms with Crippen molar-refractivity contribution in [2.24, 2.45) is 11.8 Å². The summed E-state index contributed by atoms with van der Waals surface area (Å²) in [5, 5.41) is 3.53. The van der Waals surface area contributed by atoms with Crippen LogP contribution in [0.5, 0.6) is 11.5 Å². The summed E-state index contributed by atoms with van der Waals surface area (Å²) < 4.78 is 17.3. The molecule has 2 saturated heterocycles. The number of hydrogen-bond donors (Lipinski definition) is 1. The average molecular weight is 439 g/mol. The van der Waals surface area contributed by atoms with Gasteiger partial charge in [-0.05, 0) is 36.4 Å². The van der Waals surface area contributed by atoms with Crippen LogP contribution in [0.2, 0.25) is 5.02 Å². The second-order valence-electron chi connectivity index (χ2n) is 8.15. The third-order valence-electron chi connectivity index (χ3n) is 6.35. The lowest BCUT2D eigenvalue weighted by Gasteiger charge is -2.24. The molecule has 4 aliphatic heterocycles. The quantitative estimate of drug-likeness (QED) is 0.745. The number of halogens is 1. The first-order chi connectivity index (χ1) is 15.0. The molecular weight excluding hydrogens is 420 g/mol. The Hall–Kier alpha value is -3.03. The molecule has 158 valence electrons. The molecule has 0 aliphatic carbocycles. The van der Waals surface area contributed by atoms with Crippen LogP contribution in [0.25, 0.3) is 0 Å². The molecular formula is C23H19ClN2O5. The Morgan fingerprint density at radius 1 is 1.10 bits per heavy atom. The number of ether oxygens (including phenoxy) is 3. The number of amides is 2. The summed E-state index contributed by atoms with van der Waals surface area (Å²) in [4.78, 5) is 28.3. The minimum atomic E-state index is -0.782. The van der Waals surface area contributed by atoms with E-state index in [4.69, 9.17) is 25.8 Å². The largest absolute Gasteiger partial charge is 0.486 e. The summed E-state index contributed by atoms with van der Waals surface area (Å²) >= 11 is 5.99. The van der Waals surface area contributed by atoms with E-state index in [1.54, 1.807) is 47.4 Å². The lowest BCUT2D eigenvalue weighted by molar-refractivity contribution is -0.128. The summed E-state index contributed by atoms with van der Waals surface area (Å²) in [5.74, 6) is -0.298. The van der Waals surface area contributed by atoms with Crippen molar-refractivity contribution < 1.29 is 23.8 Å². The number of carbonyl (C=O) groups excluding carboxylic acids is 2. The third kappa shape index (κ3) is 2.84. The molecule has 4 aliphatic rings. The van der Waals surface area contributed by atoms with E-state index in [-0.39, 0.29) is 11.8 Å². The first kappa shape index (κ1) is 18.7. The van der Waals surface area contributed by atoms with Gasteiger partial charge in [0.15, 0.2) is 11.5 Å². The molecule has 0 radical (unpaired) electrons. The van der Waals surface area contributed by atoms with Crippen LogP contribution in [0, 0.1) is 11.8 Å². The Labute approximate surface area is 183 Å². The fourth-order valence-electron chi connectivity index (χ4n) is 4.98. The van der Waals surface area contributed by atoms with Gasteiger partial charge in [-0.1, -0.05) is 23.8 Å². The monoisotopic (exact) mass is 438 g/mol. The maximum atomic E-state index is 13.4. The van der Waals surface area contributed by atoms with E-state index in [0.29, 0.717) is 42.0 Å². The number of nitrogens with one attached hydrogen (secondary N) is 1. The summed E-state index contributed by atoms with van der Waals surface area (Å²) in [7, 11) is 0. The normalized spacial score (nSPS) is 29.9. The Balaban J connectivity index is 1.27. The molecule has 4 atom stereocenters. The zero-order valence-electron chi connectivity index (χ0n) is 16.4. The molecule has 4 heterocycles. The third-order valence-corrected chi connectivity index (χ3v) is 6.60. The van der Waals surface area contributed by atoms with Crippen molar-refractivity contribution in [3.8, 4) is 11.5 Å². The van der Waals surface area contributed by atoms with Crippen molar-refractivity contribution in [3.63, 3.8) is 0 Å². The van der Waals surface area contributed by atoms with Gasteiger partial charge in [0.1, 0.15) is 18.8 Å². The number of fused-ring (bicyclic) bond motifs is 2. The molecule has 2 amide bonds. The summed E-state index contributed by atoms with van der Waals surface area (Å²) in [6, 6.07) is 12.4. The molecule has 1 spiro atoms. The van der Waals surface area contributed by atoms with E-state index >= 15 is 0 Å². The second kappa shape index (κ2) is 6.73. The number of anilines is 2. The van der Waals surface area contributed by atoms with Gasteiger partial charge in [-0.25, -0.2) is 0 Å². The molecule has 31 heavy (non-hydrogen) atoms. The van der Waals surface area contributed by atoms with Gasteiger partial charge in [-0.15, -0.1) is 0 Å². The number of carbonyl (C=O) groups is 2. The van der Waals surface area contributed by atoms with Crippen LogP contribution in [0.15, 0.2) is 54.6 Å². The zero-order chi connectivity index (χ0) is 21.2. The van der Waals surface area contributed by atoms with Crippen molar-refractivity contribution in [1.29, 1.82) is 0 Å². The highest BCUT2D eigenvalue weighted by molar-refractivity contribution is 6.30. The van der Waals surface area contributed by atoms with Gasteiger partial charge < -0.3 is 24.4 Å². The van der Waals surface area contributed by atoms with Gasteiger partial charge >= 0.3 is 0 Å². The minimum absolute atomic E-state index is 0.114. The standard InChI is InChI=1S/C23H19ClN2O5/c24-13-1-4-15(5-2-13)26-12-23-8-7-17(31-23)19(20(23)22(26)28)21(27)25-14-3-6-16-18(11-14)30-10-9-29-16/h1-8,11,17,19-20H,9-10,12H2,(H,25,27)/t17-,19+,20+,23+/m1/s1. The summed E-state index contributed by atoms with van der Waals surface area (Å²) in [6.45, 7) is 1.34. The number of benzene rings is 2. The number of hydrogen-bond acceptors (Lipinski definition) is 5. The molecule has 2 aromatic carbocycles. The van der Waals surface area contributed by atoms with Crippen molar-refractivity contribution in [2.45, 2.75) is 11.7 Å². The molecule has 8 heteroatoms. The highest BCUT2D eigenvalue weighted by Crippen LogP contribution is 2.53. The molecule has 0 unspecified atom stereocenters. The molecule has 2 fully saturated rings. The smallest absolute Gasteiger partial charge is 0.234 e. The Morgan fingerprint density at radius 2 is 1.87 bits per heavy atom. The molecule has 2 aromatic rings. The van der Waals surface area contributed by atoms with Crippen LogP contribution < -0.4 is 19.7 Å². The van der Waals surface area contributed by atoms with Crippen LogP contribution in [-0.4, -0.2) is 43.3 Å². The fraction of sp³-hybridized carbons (Fsp3) is 0.304. The molecule has 6 rings (SSSR count). The maximum Gasteiger partial charge on any atom is 0.234 e. The highest BCUT2D eigenvalue weighted by atomic mass is 35.5. The van der Waals surface area contributed by atoms with Gasteiger partial charge in [-0.3, -0.25) is 9.59 Å². The number of rotatable bonds is 3. The van der Waals surface area contributed by atoms with Gasteiger partial charge in [0.05, 0.1) is 24.5 Å². The van der Waals surface area contributed by atoms with E-state index in [0.717, 1.165) is 5.69 Å². The van der Waals surface area contributed by atoms with Crippen LogP contribution in [0.1, 0.15) is 0 Å². The second-order valence-corrected chi connectivity index (χ2v) is 8.58. The van der Waals surface area contributed by atoms with E-state index < -0.39 is 23.5 Å². The van der Waals surface area contributed by atoms with Gasteiger partial charge in [-0.2, -0.15) is 0 Å². The molecule has 1 N–H and O–H groups in total. The Kier molecular flexibility index (Phi) is 4.07. The first-order valence-corrected chi connectivity index (χ1v) is 10.6. The van der Waals surface area contributed by atoms with Crippen molar-refractivity contribution in [2.75, 3.05) is 30.0 Å². The molecule has 7 nitrogen and oxygen atoms in total. The first-order valence-electron chi connectivity index (χ1n) is 10.2. The lowest BCUT2D eigenvalue weighted by atomic mass is 9.77. The fourth-order valence-corrected chi connectivity index (χ4v) is 5.11. The van der Waals surface area contributed by atoms with Crippen molar-refractivity contribution in [1.82, 2.24) is 0 Å². The van der Waals surface area contributed by atoms with E-state index in [1.807, 2.05) is 12.2 Å². The topological polar surface area (TPSA) is 77.1 Å². The van der Waals surface area contributed by atoms with E-state index in [2.05, 4.69) is 5.32 Å². The van der Waals surface area contributed by atoms with Crippen LogP contribution in [-0.2, 0) is 14.3 Å². The summed E-state index contributed by atoms with van der Waals surface area (Å²) in [5.41, 5.74) is 0.551. The lowest BCUT2D eigenvalue weighted by Crippen LogP contribution is -2.41. The van der Waals surface area contributed by atoms with Gasteiger partial charge in [0.25, 0.3) is 0 Å². The molecule has 0 aromatic heterocycles. The molecule has 2 bridgehead atoms.